The fourth-order valence-corrected chi connectivity index (χ4v) is 4.54. The molecular weight excluding hydrogens is 504 g/mol. The molecule has 0 aliphatic rings. The number of halogens is 2. The topological polar surface area (TPSA) is 84.5 Å². The van der Waals surface area contributed by atoms with E-state index in [1.54, 1.807) is 18.2 Å². The summed E-state index contributed by atoms with van der Waals surface area (Å²) >= 11 is 9.19. The normalized spacial score (nSPS) is 11.2. The molecule has 1 amide bonds. The Morgan fingerprint density at radius 3 is 2.39 bits per heavy atom. The lowest BCUT2D eigenvalue weighted by Gasteiger charge is -2.10. The first-order valence-electron chi connectivity index (χ1n) is 9.35. The van der Waals surface area contributed by atoms with Crippen molar-refractivity contribution in [3.8, 4) is 5.75 Å². The summed E-state index contributed by atoms with van der Waals surface area (Å²) in [6, 6.07) is 20.6. The summed E-state index contributed by atoms with van der Waals surface area (Å²) in [6.07, 6.45) is 0.595. The number of carbonyl (C=O) groups is 1. The minimum Gasteiger partial charge on any atom is -0.483 e. The van der Waals surface area contributed by atoms with Crippen LogP contribution in [-0.2, 0) is 21.2 Å². The maximum Gasteiger partial charge on any atom is 0.262 e. The van der Waals surface area contributed by atoms with Gasteiger partial charge in [-0.2, -0.15) is 0 Å². The van der Waals surface area contributed by atoms with Gasteiger partial charge < -0.3 is 10.1 Å². The van der Waals surface area contributed by atoms with Gasteiger partial charge in [-0.05, 0) is 70.4 Å². The summed E-state index contributed by atoms with van der Waals surface area (Å²) in [7, 11) is -3.63. The van der Waals surface area contributed by atoms with Gasteiger partial charge in [-0.1, -0.05) is 41.9 Å². The summed E-state index contributed by atoms with van der Waals surface area (Å²) in [6.45, 7) is 0.0871. The molecule has 3 rings (SSSR count). The summed E-state index contributed by atoms with van der Waals surface area (Å²) in [4.78, 5) is 12.2. The maximum atomic E-state index is 12.4. The lowest BCUT2D eigenvalue weighted by atomic mass is 10.2. The van der Waals surface area contributed by atoms with Crippen LogP contribution in [0.1, 0.15) is 5.56 Å². The Labute approximate surface area is 194 Å². The standard InChI is InChI=1S/C22H20BrClN2O4S/c23-20-14-17(24)6-11-21(20)30-15-22(27)26-18-7-9-19(10-8-18)31(28,29)25-13-12-16-4-2-1-3-5-16/h1-11,14,25H,12-13,15H2,(H,26,27). The third kappa shape index (κ3) is 7.07. The second-order valence-electron chi connectivity index (χ2n) is 6.57. The Morgan fingerprint density at radius 1 is 1.00 bits per heavy atom. The number of anilines is 1. The number of amides is 1. The lowest BCUT2D eigenvalue weighted by molar-refractivity contribution is -0.118. The summed E-state index contributed by atoms with van der Waals surface area (Å²) in [5, 5.41) is 3.22. The van der Waals surface area contributed by atoms with Crippen LogP contribution in [0.25, 0.3) is 0 Å². The zero-order chi connectivity index (χ0) is 22.3. The van der Waals surface area contributed by atoms with Crippen molar-refractivity contribution in [2.24, 2.45) is 0 Å². The Kier molecular flexibility index (Phi) is 8.09. The van der Waals surface area contributed by atoms with E-state index in [0.29, 0.717) is 33.9 Å². The monoisotopic (exact) mass is 522 g/mol. The molecule has 0 aromatic heterocycles. The first-order valence-corrected chi connectivity index (χ1v) is 12.0. The predicted octanol–water partition coefficient (Wildman–Crippen LogP) is 4.64. The van der Waals surface area contributed by atoms with Crippen LogP contribution in [-0.4, -0.2) is 27.5 Å². The van der Waals surface area contributed by atoms with E-state index in [9.17, 15) is 13.2 Å². The molecule has 0 heterocycles. The first-order chi connectivity index (χ1) is 14.8. The van der Waals surface area contributed by atoms with E-state index >= 15 is 0 Å². The number of carbonyl (C=O) groups excluding carboxylic acids is 1. The smallest absolute Gasteiger partial charge is 0.262 e. The molecular formula is C22H20BrClN2O4S. The van der Waals surface area contributed by atoms with Crippen LogP contribution in [0.5, 0.6) is 5.75 Å². The van der Waals surface area contributed by atoms with Gasteiger partial charge in [-0.15, -0.1) is 0 Å². The second kappa shape index (κ2) is 10.8. The molecule has 9 heteroatoms. The molecule has 3 aromatic carbocycles. The molecule has 0 unspecified atom stereocenters. The van der Waals surface area contributed by atoms with Crippen molar-refractivity contribution in [3.05, 3.63) is 87.9 Å². The summed E-state index contributed by atoms with van der Waals surface area (Å²) < 4.78 is 33.6. The number of benzene rings is 3. The zero-order valence-electron chi connectivity index (χ0n) is 16.3. The fourth-order valence-electron chi connectivity index (χ4n) is 2.71. The van der Waals surface area contributed by atoms with Crippen LogP contribution in [0.15, 0.2) is 82.2 Å². The van der Waals surface area contributed by atoms with E-state index in [2.05, 4.69) is 26.0 Å². The highest BCUT2D eigenvalue weighted by Crippen LogP contribution is 2.27. The highest BCUT2D eigenvalue weighted by molar-refractivity contribution is 9.10. The third-order valence-electron chi connectivity index (χ3n) is 4.25. The molecule has 0 saturated carbocycles. The van der Waals surface area contributed by atoms with Crippen LogP contribution in [0.3, 0.4) is 0 Å². The van der Waals surface area contributed by atoms with Gasteiger partial charge in [0.05, 0.1) is 9.37 Å². The lowest BCUT2D eigenvalue weighted by Crippen LogP contribution is -2.26. The fraction of sp³-hybridized carbons (Fsp3) is 0.136. The highest BCUT2D eigenvalue weighted by Gasteiger charge is 2.14. The zero-order valence-corrected chi connectivity index (χ0v) is 19.5. The third-order valence-corrected chi connectivity index (χ3v) is 6.58. The van der Waals surface area contributed by atoms with Gasteiger partial charge >= 0.3 is 0 Å². The van der Waals surface area contributed by atoms with Crippen molar-refractivity contribution in [1.82, 2.24) is 4.72 Å². The Bertz CT molecular complexity index is 1140. The molecule has 2 N–H and O–H groups in total. The molecule has 3 aromatic rings. The van der Waals surface area contributed by atoms with Crippen LogP contribution in [0.4, 0.5) is 5.69 Å². The van der Waals surface area contributed by atoms with E-state index in [-0.39, 0.29) is 17.4 Å². The van der Waals surface area contributed by atoms with Gasteiger partial charge in [0.2, 0.25) is 10.0 Å². The second-order valence-corrected chi connectivity index (χ2v) is 9.63. The predicted molar refractivity (Wildman–Crippen MR) is 125 cm³/mol. The van der Waals surface area contributed by atoms with Gasteiger partial charge in [-0.3, -0.25) is 4.79 Å². The molecule has 0 spiro atoms. The number of sulfonamides is 1. The van der Waals surface area contributed by atoms with Gasteiger partial charge in [0.25, 0.3) is 5.91 Å². The number of hydrogen-bond acceptors (Lipinski definition) is 4. The van der Waals surface area contributed by atoms with Crippen molar-refractivity contribution in [1.29, 1.82) is 0 Å². The molecule has 6 nitrogen and oxygen atoms in total. The number of nitrogens with one attached hydrogen (secondary N) is 2. The number of hydrogen-bond donors (Lipinski definition) is 2. The minimum atomic E-state index is -3.63. The first kappa shape index (κ1) is 23.3. The number of rotatable bonds is 9. The molecule has 0 radical (unpaired) electrons. The molecule has 0 aliphatic carbocycles. The molecule has 0 fully saturated rings. The summed E-state index contributed by atoms with van der Waals surface area (Å²) in [5.41, 5.74) is 1.52. The maximum absolute atomic E-state index is 12.4. The highest BCUT2D eigenvalue weighted by atomic mass is 79.9. The summed E-state index contributed by atoms with van der Waals surface area (Å²) in [5.74, 6) is 0.112. The van der Waals surface area contributed by atoms with E-state index in [0.717, 1.165) is 5.56 Å². The van der Waals surface area contributed by atoms with Crippen molar-refractivity contribution in [2.75, 3.05) is 18.5 Å². The van der Waals surface area contributed by atoms with Crippen molar-refractivity contribution in [2.45, 2.75) is 11.3 Å². The Hall–Kier alpha value is -2.39. The van der Waals surface area contributed by atoms with Crippen molar-refractivity contribution >= 4 is 49.1 Å². The van der Waals surface area contributed by atoms with Crippen LogP contribution < -0.4 is 14.8 Å². The number of ether oxygens (including phenoxy) is 1. The average molecular weight is 524 g/mol. The molecule has 0 aliphatic heterocycles. The van der Waals surface area contributed by atoms with Crippen molar-refractivity contribution in [3.63, 3.8) is 0 Å². The molecule has 0 bridgehead atoms. The van der Waals surface area contributed by atoms with Gasteiger partial charge in [0.15, 0.2) is 6.61 Å². The van der Waals surface area contributed by atoms with E-state index < -0.39 is 10.0 Å². The SMILES string of the molecule is O=C(COc1ccc(Cl)cc1Br)Nc1ccc(S(=O)(=O)NCCc2ccccc2)cc1. The average Bonchev–Trinajstić information content (AvgIpc) is 2.74. The van der Waals surface area contributed by atoms with Crippen molar-refractivity contribution < 1.29 is 17.9 Å². The Morgan fingerprint density at radius 2 is 1.71 bits per heavy atom. The molecule has 162 valence electrons. The van der Waals surface area contributed by atoms with Gasteiger partial charge in [-0.25, -0.2) is 13.1 Å². The molecule has 0 atom stereocenters. The molecule has 31 heavy (non-hydrogen) atoms. The van der Waals surface area contributed by atoms with E-state index in [1.165, 1.54) is 24.3 Å². The van der Waals surface area contributed by atoms with Crippen LogP contribution in [0.2, 0.25) is 5.02 Å². The van der Waals surface area contributed by atoms with Crippen LogP contribution >= 0.6 is 27.5 Å². The Balaban J connectivity index is 1.51. The quantitative estimate of drug-likeness (QED) is 0.428. The van der Waals surface area contributed by atoms with Crippen LogP contribution in [0, 0.1) is 0 Å². The van der Waals surface area contributed by atoms with Gasteiger partial charge in [0, 0.05) is 17.3 Å². The largest absolute Gasteiger partial charge is 0.483 e. The van der Waals surface area contributed by atoms with E-state index in [4.69, 9.17) is 16.3 Å². The molecule has 0 saturated heterocycles. The van der Waals surface area contributed by atoms with Gasteiger partial charge in [0.1, 0.15) is 5.75 Å². The van der Waals surface area contributed by atoms with E-state index in [1.807, 2.05) is 30.3 Å². The minimum absolute atomic E-state index is 0.125.